The van der Waals surface area contributed by atoms with E-state index in [1.54, 1.807) is 44.7 Å². The first-order chi connectivity index (χ1) is 9.65. The van der Waals surface area contributed by atoms with Crippen LogP contribution in [0.25, 0.3) is 0 Å². The van der Waals surface area contributed by atoms with E-state index in [2.05, 4.69) is 0 Å². The molecule has 0 fully saturated rings. The van der Waals surface area contributed by atoms with E-state index < -0.39 is 23.7 Å². The van der Waals surface area contributed by atoms with Gasteiger partial charge in [0.15, 0.2) is 6.04 Å². The fourth-order valence-electron chi connectivity index (χ4n) is 1.76. The molecule has 1 atom stereocenters. The van der Waals surface area contributed by atoms with Gasteiger partial charge in [-0.1, -0.05) is 12.1 Å². The molecule has 1 aromatic carbocycles. The van der Waals surface area contributed by atoms with Crippen LogP contribution in [0.4, 0.5) is 4.79 Å². The predicted octanol–water partition coefficient (Wildman–Crippen LogP) is 3.40. The zero-order valence-electron chi connectivity index (χ0n) is 12.9. The van der Waals surface area contributed by atoms with Crippen LogP contribution < -0.4 is 0 Å². The van der Waals surface area contributed by atoms with Gasteiger partial charge in [0.2, 0.25) is 0 Å². The highest BCUT2D eigenvalue weighted by Gasteiger charge is 2.31. The van der Waals surface area contributed by atoms with E-state index in [-0.39, 0.29) is 0 Å². The maximum atomic E-state index is 12.0. The highest BCUT2D eigenvalue weighted by Crippen LogP contribution is 2.24. The topological polar surface area (TPSA) is 66.8 Å². The zero-order chi connectivity index (χ0) is 16.2. The van der Waals surface area contributed by atoms with Crippen LogP contribution in [0.5, 0.6) is 0 Å². The third kappa shape index (κ3) is 4.97. The van der Waals surface area contributed by atoms with Crippen molar-refractivity contribution in [3.63, 3.8) is 0 Å². The minimum atomic E-state index is -1.10. The zero-order valence-corrected chi connectivity index (χ0v) is 13.7. The van der Waals surface area contributed by atoms with E-state index in [0.717, 1.165) is 9.80 Å². The lowest BCUT2D eigenvalue weighted by Crippen LogP contribution is -2.39. The Balaban J connectivity index is 3.00. The average Bonchev–Trinajstić information content (AvgIpc) is 2.37. The lowest BCUT2D eigenvalue weighted by atomic mass is 10.1. The minimum absolute atomic E-state index is 0.536. The van der Waals surface area contributed by atoms with Crippen LogP contribution in [0, 0.1) is 0 Å². The number of carbonyl (C=O) groups excluding carboxylic acids is 1. The molecule has 0 saturated carbocycles. The Morgan fingerprint density at radius 3 is 2.14 bits per heavy atom. The molecule has 0 aliphatic carbocycles. The van der Waals surface area contributed by atoms with Gasteiger partial charge in [0.05, 0.1) is 0 Å². The molecule has 0 aromatic heterocycles. The van der Waals surface area contributed by atoms with Crippen molar-refractivity contribution in [3.8, 4) is 0 Å². The predicted molar refractivity (Wildman–Crippen MR) is 82.6 cm³/mol. The molecule has 0 bridgehead atoms. The number of carboxylic acid groups (broad SMARTS) is 1. The molecule has 1 rings (SSSR count). The number of aliphatic carboxylic acids is 1. The molecular formula is C15H21NO4S. The minimum Gasteiger partial charge on any atom is -0.479 e. The van der Waals surface area contributed by atoms with Crippen molar-refractivity contribution in [1.82, 2.24) is 4.90 Å². The number of ether oxygens (including phenoxy) is 1. The van der Waals surface area contributed by atoms with Crippen molar-refractivity contribution < 1.29 is 19.4 Å². The van der Waals surface area contributed by atoms with E-state index >= 15 is 0 Å². The van der Waals surface area contributed by atoms with E-state index in [1.165, 1.54) is 7.05 Å². The van der Waals surface area contributed by atoms with Gasteiger partial charge in [-0.3, -0.25) is 4.90 Å². The fourth-order valence-corrected chi connectivity index (χ4v) is 2.17. The second kappa shape index (κ2) is 6.85. The first-order valence-corrected chi connectivity index (χ1v) is 7.70. The Hall–Kier alpha value is -1.69. The van der Waals surface area contributed by atoms with Gasteiger partial charge in [-0.15, -0.1) is 11.8 Å². The lowest BCUT2D eigenvalue weighted by Gasteiger charge is -2.28. The van der Waals surface area contributed by atoms with Crippen LogP contribution in [0.2, 0.25) is 0 Å². The highest BCUT2D eigenvalue weighted by molar-refractivity contribution is 7.98. The molecule has 21 heavy (non-hydrogen) atoms. The summed E-state index contributed by atoms with van der Waals surface area (Å²) in [4.78, 5) is 25.7. The summed E-state index contributed by atoms with van der Waals surface area (Å²) in [7, 11) is 1.43. The summed E-state index contributed by atoms with van der Waals surface area (Å²) in [6.45, 7) is 5.21. The van der Waals surface area contributed by atoms with Crippen molar-refractivity contribution >= 4 is 23.8 Å². The second-order valence-corrected chi connectivity index (χ2v) is 6.48. The normalized spacial score (nSPS) is 12.6. The molecule has 0 saturated heterocycles. The molecule has 0 aliphatic rings. The van der Waals surface area contributed by atoms with Gasteiger partial charge >= 0.3 is 12.1 Å². The number of benzene rings is 1. The summed E-state index contributed by atoms with van der Waals surface area (Å²) in [5, 5.41) is 9.42. The van der Waals surface area contributed by atoms with E-state index in [4.69, 9.17) is 4.74 Å². The Kier molecular flexibility index (Phi) is 5.66. The van der Waals surface area contributed by atoms with Gasteiger partial charge in [-0.2, -0.15) is 0 Å². The SMILES string of the molecule is CSc1ccc(C(C(=O)O)N(C)C(=O)OC(C)(C)C)cc1. The summed E-state index contributed by atoms with van der Waals surface area (Å²) >= 11 is 1.57. The first kappa shape index (κ1) is 17.4. The number of likely N-dealkylation sites (N-methyl/N-ethyl adjacent to an activating group) is 1. The molecule has 6 heteroatoms. The Bertz CT molecular complexity index is 507. The average molecular weight is 311 g/mol. The second-order valence-electron chi connectivity index (χ2n) is 5.61. The molecule has 5 nitrogen and oxygen atoms in total. The monoisotopic (exact) mass is 311 g/mol. The molecule has 0 aliphatic heterocycles. The van der Waals surface area contributed by atoms with Crippen molar-refractivity contribution in [2.24, 2.45) is 0 Å². The number of carbonyl (C=O) groups is 2. The van der Waals surface area contributed by atoms with Crippen LogP contribution in [0.1, 0.15) is 32.4 Å². The quantitative estimate of drug-likeness (QED) is 0.863. The van der Waals surface area contributed by atoms with Crippen LogP contribution in [-0.2, 0) is 9.53 Å². The largest absolute Gasteiger partial charge is 0.479 e. The number of amides is 1. The third-order valence-corrected chi connectivity index (χ3v) is 3.48. The van der Waals surface area contributed by atoms with Gasteiger partial charge in [-0.05, 0) is 44.7 Å². The lowest BCUT2D eigenvalue weighted by molar-refractivity contribution is -0.142. The van der Waals surface area contributed by atoms with E-state index in [1.807, 2.05) is 18.4 Å². The van der Waals surface area contributed by atoms with Crippen LogP contribution in [-0.4, -0.2) is 41.0 Å². The number of rotatable bonds is 4. The van der Waals surface area contributed by atoms with E-state index in [9.17, 15) is 14.7 Å². The van der Waals surface area contributed by atoms with Gasteiger partial charge in [0, 0.05) is 11.9 Å². The van der Waals surface area contributed by atoms with E-state index in [0.29, 0.717) is 5.56 Å². The summed E-state index contributed by atoms with van der Waals surface area (Å²) in [6.07, 6.45) is 1.28. The van der Waals surface area contributed by atoms with Gasteiger partial charge in [-0.25, -0.2) is 9.59 Å². The summed E-state index contributed by atoms with van der Waals surface area (Å²) in [6, 6.07) is 6.02. The maximum absolute atomic E-state index is 12.0. The standard InChI is InChI=1S/C15H21NO4S/c1-15(2,3)20-14(19)16(4)12(13(17)18)10-6-8-11(21-5)9-7-10/h6-9,12H,1-5H3,(H,17,18). The molecule has 0 spiro atoms. The molecule has 0 heterocycles. The summed E-state index contributed by atoms with van der Waals surface area (Å²) in [5.41, 5.74) is -0.134. The van der Waals surface area contributed by atoms with Gasteiger partial charge in [0.25, 0.3) is 0 Å². The molecule has 1 amide bonds. The Morgan fingerprint density at radius 1 is 1.24 bits per heavy atom. The Morgan fingerprint density at radius 2 is 1.76 bits per heavy atom. The third-order valence-electron chi connectivity index (χ3n) is 2.73. The number of nitrogens with zero attached hydrogens (tertiary/aromatic N) is 1. The molecule has 1 N–H and O–H groups in total. The first-order valence-electron chi connectivity index (χ1n) is 6.48. The highest BCUT2D eigenvalue weighted by atomic mass is 32.2. The van der Waals surface area contributed by atoms with Gasteiger partial charge in [0.1, 0.15) is 5.60 Å². The molecular weight excluding hydrogens is 290 g/mol. The smallest absolute Gasteiger partial charge is 0.411 e. The maximum Gasteiger partial charge on any atom is 0.411 e. The number of thioether (sulfide) groups is 1. The molecule has 1 aromatic rings. The van der Waals surface area contributed by atoms with Gasteiger partial charge < -0.3 is 9.84 Å². The molecule has 116 valence electrons. The van der Waals surface area contributed by atoms with Crippen LogP contribution >= 0.6 is 11.8 Å². The summed E-state index contributed by atoms with van der Waals surface area (Å²) in [5.74, 6) is -1.10. The molecule has 1 unspecified atom stereocenters. The fraction of sp³-hybridized carbons (Fsp3) is 0.467. The summed E-state index contributed by atoms with van der Waals surface area (Å²) < 4.78 is 5.22. The number of carboxylic acids is 1. The van der Waals surface area contributed by atoms with Crippen molar-refractivity contribution in [3.05, 3.63) is 29.8 Å². The van der Waals surface area contributed by atoms with Crippen molar-refractivity contribution in [2.75, 3.05) is 13.3 Å². The number of hydrogen-bond donors (Lipinski definition) is 1. The van der Waals surface area contributed by atoms with Crippen LogP contribution in [0.3, 0.4) is 0 Å². The molecule has 0 radical (unpaired) electrons. The van der Waals surface area contributed by atoms with Crippen LogP contribution in [0.15, 0.2) is 29.2 Å². The van der Waals surface area contributed by atoms with Crippen molar-refractivity contribution in [1.29, 1.82) is 0 Å². The van der Waals surface area contributed by atoms with Crippen molar-refractivity contribution in [2.45, 2.75) is 37.3 Å². The Labute approximate surface area is 129 Å². The number of hydrogen-bond acceptors (Lipinski definition) is 4.